The van der Waals surface area contributed by atoms with Crippen LogP contribution in [0.2, 0.25) is 0 Å². The number of thiocarbonyl (C=S) groups is 1. The van der Waals surface area contributed by atoms with Gasteiger partial charge in [-0.2, -0.15) is 0 Å². The standard InChI is InChI=1S/C20H18N2O2S2/c23-19(24)18-10-15-14-8-4-5-9-16(14)21-17(15)11-22(18)20(25)26-12-13-6-2-1-3-7-13/h1-9,18,21H,10-12H2,(H,23,24)/t18-/m1/s1. The summed E-state index contributed by atoms with van der Waals surface area (Å²) < 4.78 is 0.630. The smallest absolute Gasteiger partial charge is 0.326 e. The molecule has 1 aliphatic rings. The lowest BCUT2D eigenvalue weighted by atomic mass is 9.97. The number of hydrogen-bond donors (Lipinski definition) is 2. The summed E-state index contributed by atoms with van der Waals surface area (Å²) in [6.07, 6.45) is 0.459. The van der Waals surface area contributed by atoms with Crippen LogP contribution in [0.25, 0.3) is 10.9 Å². The van der Waals surface area contributed by atoms with Crippen LogP contribution in [0.4, 0.5) is 0 Å². The lowest BCUT2D eigenvalue weighted by Gasteiger charge is -2.34. The van der Waals surface area contributed by atoms with Crippen LogP contribution >= 0.6 is 24.0 Å². The molecule has 0 unspecified atom stereocenters. The summed E-state index contributed by atoms with van der Waals surface area (Å²) in [7, 11) is 0. The molecular weight excluding hydrogens is 364 g/mol. The number of fused-ring (bicyclic) bond motifs is 3. The van der Waals surface area contributed by atoms with Gasteiger partial charge in [-0.05, 0) is 17.2 Å². The minimum absolute atomic E-state index is 0.459. The predicted octanol–water partition coefficient (Wildman–Crippen LogP) is 4.20. The second-order valence-corrected chi connectivity index (χ2v) is 7.96. The first-order chi connectivity index (χ1) is 12.6. The highest BCUT2D eigenvalue weighted by Crippen LogP contribution is 2.32. The van der Waals surface area contributed by atoms with E-state index in [1.54, 1.807) is 0 Å². The predicted molar refractivity (Wildman–Crippen MR) is 109 cm³/mol. The van der Waals surface area contributed by atoms with E-state index in [2.05, 4.69) is 17.1 Å². The summed E-state index contributed by atoms with van der Waals surface area (Å²) in [6.45, 7) is 0.502. The van der Waals surface area contributed by atoms with Gasteiger partial charge in [0.1, 0.15) is 10.4 Å². The number of rotatable bonds is 3. The number of aromatic amines is 1. The van der Waals surface area contributed by atoms with Crippen LogP contribution in [0.5, 0.6) is 0 Å². The Bertz CT molecular complexity index is 968. The summed E-state index contributed by atoms with van der Waals surface area (Å²) in [6, 6.07) is 17.5. The second-order valence-electron chi connectivity index (χ2n) is 6.35. The van der Waals surface area contributed by atoms with Gasteiger partial charge in [0.15, 0.2) is 0 Å². The number of thioether (sulfide) groups is 1. The number of H-pyrrole nitrogens is 1. The van der Waals surface area contributed by atoms with E-state index in [0.29, 0.717) is 17.3 Å². The fraction of sp³-hybridized carbons (Fsp3) is 0.200. The summed E-state index contributed by atoms with van der Waals surface area (Å²) in [5.41, 5.74) is 4.38. The molecule has 0 aliphatic carbocycles. The third-order valence-corrected chi connectivity index (χ3v) is 6.28. The van der Waals surface area contributed by atoms with Crippen molar-refractivity contribution in [3.63, 3.8) is 0 Å². The quantitative estimate of drug-likeness (QED) is 0.665. The van der Waals surface area contributed by atoms with Gasteiger partial charge in [-0.25, -0.2) is 4.79 Å². The summed E-state index contributed by atoms with van der Waals surface area (Å²) >= 11 is 7.11. The van der Waals surface area contributed by atoms with E-state index in [9.17, 15) is 9.90 Å². The average Bonchev–Trinajstić information content (AvgIpc) is 3.03. The van der Waals surface area contributed by atoms with E-state index in [-0.39, 0.29) is 0 Å². The lowest BCUT2D eigenvalue weighted by Crippen LogP contribution is -2.47. The van der Waals surface area contributed by atoms with Crippen molar-refractivity contribution in [1.29, 1.82) is 0 Å². The molecule has 132 valence electrons. The van der Waals surface area contributed by atoms with Gasteiger partial charge in [0.25, 0.3) is 0 Å². The van der Waals surface area contributed by atoms with Crippen LogP contribution in [-0.2, 0) is 23.5 Å². The van der Waals surface area contributed by atoms with Crippen molar-refractivity contribution >= 4 is 45.2 Å². The number of carbonyl (C=O) groups is 1. The number of para-hydroxylation sites is 1. The molecular formula is C20H18N2O2S2. The Morgan fingerprint density at radius 1 is 1.19 bits per heavy atom. The van der Waals surface area contributed by atoms with Crippen molar-refractivity contribution < 1.29 is 9.90 Å². The largest absolute Gasteiger partial charge is 0.480 e. The Morgan fingerprint density at radius 2 is 1.92 bits per heavy atom. The molecule has 4 rings (SSSR count). The van der Waals surface area contributed by atoms with Crippen LogP contribution in [0.3, 0.4) is 0 Å². The third kappa shape index (κ3) is 3.22. The van der Waals surface area contributed by atoms with Crippen LogP contribution in [0.1, 0.15) is 16.8 Å². The molecule has 0 spiro atoms. The molecule has 1 aliphatic heterocycles. The molecule has 1 atom stereocenters. The fourth-order valence-corrected chi connectivity index (χ4v) is 4.63. The molecule has 0 saturated heterocycles. The molecule has 0 amide bonds. The first kappa shape index (κ1) is 17.1. The van der Waals surface area contributed by atoms with Gasteiger partial charge >= 0.3 is 5.97 Å². The highest BCUT2D eigenvalue weighted by atomic mass is 32.2. The minimum Gasteiger partial charge on any atom is -0.480 e. The molecule has 0 saturated carbocycles. The Hall–Kier alpha value is -2.31. The number of aliphatic carboxylic acids is 1. The van der Waals surface area contributed by atoms with Gasteiger partial charge < -0.3 is 15.0 Å². The number of nitrogens with zero attached hydrogens (tertiary/aromatic N) is 1. The normalized spacial score (nSPS) is 16.5. The summed E-state index contributed by atoms with van der Waals surface area (Å²) in [5.74, 6) is -0.0918. The Morgan fingerprint density at radius 3 is 2.69 bits per heavy atom. The van der Waals surface area contributed by atoms with E-state index >= 15 is 0 Å². The van der Waals surface area contributed by atoms with E-state index in [0.717, 1.165) is 27.9 Å². The Balaban J connectivity index is 1.58. The first-order valence-corrected chi connectivity index (χ1v) is 9.81. The van der Waals surface area contributed by atoms with Crippen molar-refractivity contribution in [3.05, 3.63) is 71.4 Å². The van der Waals surface area contributed by atoms with Gasteiger partial charge in [0, 0.05) is 28.8 Å². The number of nitrogens with one attached hydrogen (secondary N) is 1. The van der Waals surface area contributed by atoms with Crippen molar-refractivity contribution in [3.8, 4) is 0 Å². The minimum atomic E-state index is -0.830. The van der Waals surface area contributed by atoms with E-state index < -0.39 is 12.0 Å². The molecule has 2 heterocycles. The van der Waals surface area contributed by atoms with Gasteiger partial charge in [0.05, 0.1) is 6.54 Å². The van der Waals surface area contributed by atoms with Gasteiger partial charge in [-0.1, -0.05) is 72.5 Å². The van der Waals surface area contributed by atoms with Crippen molar-refractivity contribution in [2.24, 2.45) is 0 Å². The maximum Gasteiger partial charge on any atom is 0.326 e. The molecule has 0 bridgehead atoms. The van der Waals surface area contributed by atoms with Crippen LogP contribution < -0.4 is 0 Å². The molecule has 2 aromatic carbocycles. The Labute approximate surface area is 161 Å². The van der Waals surface area contributed by atoms with Crippen LogP contribution in [0.15, 0.2) is 54.6 Å². The molecule has 0 fully saturated rings. The molecule has 6 heteroatoms. The number of hydrogen-bond acceptors (Lipinski definition) is 3. The number of benzene rings is 2. The number of aromatic nitrogens is 1. The van der Waals surface area contributed by atoms with Crippen molar-refractivity contribution in [2.45, 2.75) is 24.8 Å². The summed E-state index contributed by atoms with van der Waals surface area (Å²) in [5, 5.41) is 10.9. The van der Waals surface area contributed by atoms with E-state index in [1.807, 2.05) is 47.4 Å². The average molecular weight is 383 g/mol. The fourth-order valence-electron chi connectivity index (χ4n) is 3.42. The van der Waals surface area contributed by atoms with Gasteiger partial charge in [0.2, 0.25) is 0 Å². The van der Waals surface area contributed by atoms with Gasteiger partial charge in [-0.15, -0.1) is 0 Å². The molecule has 26 heavy (non-hydrogen) atoms. The summed E-state index contributed by atoms with van der Waals surface area (Å²) in [4.78, 5) is 17.2. The number of carboxylic acid groups (broad SMARTS) is 1. The molecule has 1 aromatic heterocycles. The van der Waals surface area contributed by atoms with Crippen LogP contribution in [-0.4, -0.2) is 31.3 Å². The zero-order valence-electron chi connectivity index (χ0n) is 14.0. The first-order valence-electron chi connectivity index (χ1n) is 8.42. The molecule has 4 nitrogen and oxygen atoms in total. The topological polar surface area (TPSA) is 56.3 Å². The van der Waals surface area contributed by atoms with Crippen LogP contribution in [0, 0.1) is 0 Å². The van der Waals surface area contributed by atoms with E-state index in [1.165, 1.54) is 17.3 Å². The third-order valence-electron chi connectivity index (χ3n) is 4.73. The lowest BCUT2D eigenvalue weighted by molar-refractivity contribution is -0.142. The maximum atomic E-state index is 11.9. The Kier molecular flexibility index (Phi) is 4.70. The highest BCUT2D eigenvalue weighted by Gasteiger charge is 2.34. The van der Waals surface area contributed by atoms with E-state index in [4.69, 9.17) is 12.2 Å². The van der Waals surface area contributed by atoms with Gasteiger partial charge in [-0.3, -0.25) is 0 Å². The zero-order valence-corrected chi connectivity index (χ0v) is 15.6. The van der Waals surface area contributed by atoms with Crippen molar-refractivity contribution in [2.75, 3.05) is 0 Å². The molecule has 3 aromatic rings. The maximum absolute atomic E-state index is 11.9. The molecule has 0 radical (unpaired) electrons. The second kappa shape index (κ2) is 7.13. The SMILES string of the molecule is O=C(O)[C@H]1Cc2c([nH]c3ccccc23)CN1C(=S)SCc1ccccc1. The monoisotopic (exact) mass is 382 g/mol. The number of carboxylic acids is 1. The van der Waals surface area contributed by atoms with Crippen molar-refractivity contribution in [1.82, 2.24) is 9.88 Å². The zero-order chi connectivity index (χ0) is 18.1. The highest BCUT2D eigenvalue weighted by molar-refractivity contribution is 8.22. The molecule has 2 N–H and O–H groups in total.